The molecule has 38 heavy (non-hydrogen) atoms. The molecule has 1 saturated heterocycles. The largest absolute Gasteiger partial charge is 0.388 e. The minimum Gasteiger partial charge on any atom is -0.388 e. The molecule has 0 amide bonds. The summed E-state index contributed by atoms with van der Waals surface area (Å²) in [5, 5.41) is 18.9. The Labute approximate surface area is 222 Å². The minimum atomic E-state index is -3.49. The van der Waals surface area contributed by atoms with Crippen molar-refractivity contribution in [3.63, 3.8) is 0 Å². The molecule has 2 heterocycles. The quantitative estimate of drug-likeness (QED) is 0.183. The van der Waals surface area contributed by atoms with Gasteiger partial charge >= 0.3 is 5.69 Å². The number of aliphatic hydroxyl groups is 2. The van der Waals surface area contributed by atoms with E-state index >= 15 is 4.39 Å². The highest BCUT2D eigenvalue weighted by Gasteiger charge is 2.45. The van der Waals surface area contributed by atoms with Crippen LogP contribution in [0.15, 0.2) is 27.7 Å². The van der Waals surface area contributed by atoms with Crippen molar-refractivity contribution in [2.75, 3.05) is 32.5 Å². The van der Waals surface area contributed by atoms with Crippen LogP contribution in [0.3, 0.4) is 0 Å². The Morgan fingerprint density at radius 1 is 1.34 bits per heavy atom. The summed E-state index contributed by atoms with van der Waals surface area (Å²) < 4.78 is 49.8. The number of ether oxygens (including phenoxy) is 1. The predicted molar refractivity (Wildman–Crippen MR) is 142 cm³/mol. The lowest BCUT2D eigenvalue weighted by atomic mass is 9.99. The Morgan fingerprint density at radius 2 is 1.97 bits per heavy atom. The standard InChI is InChI=1S/C23H37FN4O8P2/c1-15(2)28(16(3)4)37(35-9-8-25-6)36-21-19(7-10-38(33,13-29)14-30)34-12-18(20(21)24)27-11-17(5)22(31)26-23(27)32/h7,10-11,15-16,18-21,29-30H,8-9,12-14H2,1-5H3,(H,26,31,32)/b10-7+/t18-,19?,20+,21-,37?/m1/s1. The lowest BCUT2D eigenvalue weighted by Gasteiger charge is -2.42. The molecule has 0 aliphatic carbocycles. The first kappa shape index (κ1) is 32.5. The zero-order valence-corrected chi connectivity index (χ0v) is 24.0. The molecule has 1 fully saturated rings. The van der Waals surface area contributed by atoms with E-state index in [0.29, 0.717) is 0 Å². The Balaban J connectivity index is 2.53. The van der Waals surface area contributed by atoms with E-state index in [2.05, 4.69) is 9.83 Å². The third kappa shape index (κ3) is 8.13. The number of alkyl halides is 1. The topological polar surface area (TPSA) is 148 Å². The Morgan fingerprint density at radius 3 is 2.53 bits per heavy atom. The summed E-state index contributed by atoms with van der Waals surface area (Å²) in [6.07, 6.45) is -3.36. The summed E-state index contributed by atoms with van der Waals surface area (Å²) in [4.78, 5) is 29.8. The molecule has 2 unspecified atom stereocenters. The van der Waals surface area contributed by atoms with Crippen LogP contribution < -0.4 is 11.2 Å². The van der Waals surface area contributed by atoms with E-state index in [-0.39, 0.29) is 37.4 Å². The van der Waals surface area contributed by atoms with Crippen LogP contribution in [-0.2, 0) is 18.3 Å². The van der Waals surface area contributed by atoms with E-state index < -0.39 is 64.0 Å². The van der Waals surface area contributed by atoms with Gasteiger partial charge in [-0.2, -0.15) is 0 Å². The normalized spacial score (nSPS) is 23.4. The summed E-state index contributed by atoms with van der Waals surface area (Å²) in [5.74, 6) is 1.11. The van der Waals surface area contributed by atoms with Gasteiger partial charge in [-0.25, -0.2) is 20.4 Å². The average Bonchev–Trinajstić information content (AvgIpc) is 2.86. The highest BCUT2D eigenvalue weighted by molar-refractivity contribution is 7.66. The zero-order valence-electron chi connectivity index (χ0n) is 22.2. The van der Waals surface area contributed by atoms with Gasteiger partial charge in [0.25, 0.3) is 14.1 Å². The number of hydrogen-bond donors (Lipinski definition) is 3. The SMILES string of the molecule is [C-]#[N+]CCOP(O[C@@H]1C(/C=C/P(=O)(CO)CO)OC[C@@H](n2cc(C)c(=O)[nH]c2=O)[C@@H]1F)N(C(C)C)C(C)C. The Bertz CT molecular complexity index is 1140. The van der Waals surface area contributed by atoms with E-state index in [1.807, 2.05) is 32.4 Å². The lowest BCUT2D eigenvalue weighted by molar-refractivity contribution is -0.110. The zero-order chi connectivity index (χ0) is 28.6. The summed E-state index contributed by atoms with van der Waals surface area (Å²) in [6.45, 7) is 16.0. The number of halogens is 1. The second-order valence-electron chi connectivity index (χ2n) is 9.46. The Hall–Kier alpha value is -1.74. The maximum Gasteiger partial charge on any atom is 0.328 e. The van der Waals surface area contributed by atoms with Crippen LogP contribution in [0, 0.1) is 13.5 Å². The lowest BCUT2D eigenvalue weighted by Crippen LogP contribution is -2.52. The van der Waals surface area contributed by atoms with Crippen LogP contribution in [0.2, 0.25) is 0 Å². The molecule has 1 aromatic rings. The molecule has 0 saturated carbocycles. The maximum absolute atomic E-state index is 16.3. The van der Waals surface area contributed by atoms with Crippen LogP contribution in [0.25, 0.3) is 4.85 Å². The number of nitrogens with zero attached hydrogens (tertiary/aromatic N) is 3. The summed E-state index contributed by atoms with van der Waals surface area (Å²) in [5.41, 5.74) is -1.19. The molecule has 214 valence electrons. The van der Waals surface area contributed by atoms with Gasteiger partial charge in [0.2, 0.25) is 6.54 Å². The number of aliphatic hydroxyl groups excluding tert-OH is 2. The molecular weight excluding hydrogens is 541 g/mol. The van der Waals surface area contributed by atoms with E-state index in [9.17, 15) is 24.4 Å². The Kier molecular flexibility index (Phi) is 12.5. The molecule has 5 atom stereocenters. The minimum absolute atomic E-state index is 0.0441. The highest BCUT2D eigenvalue weighted by atomic mass is 31.2. The van der Waals surface area contributed by atoms with Crippen molar-refractivity contribution < 1.29 is 33.0 Å². The molecule has 1 aromatic heterocycles. The van der Waals surface area contributed by atoms with Gasteiger partial charge in [-0.05, 0) is 46.5 Å². The number of rotatable bonds is 13. The van der Waals surface area contributed by atoms with Gasteiger partial charge in [-0.3, -0.25) is 14.3 Å². The van der Waals surface area contributed by atoms with Crippen LogP contribution in [0.4, 0.5) is 4.39 Å². The first-order valence-electron chi connectivity index (χ1n) is 12.2. The van der Waals surface area contributed by atoms with Crippen LogP contribution in [0.5, 0.6) is 0 Å². The van der Waals surface area contributed by atoms with Crippen molar-refractivity contribution in [3.05, 3.63) is 55.9 Å². The van der Waals surface area contributed by atoms with Gasteiger partial charge in [0, 0.05) is 23.8 Å². The third-order valence-electron chi connectivity index (χ3n) is 5.86. The van der Waals surface area contributed by atoms with Crippen molar-refractivity contribution in [2.45, 2.75) is 71.1 Å². The second-order valence-corrected chi connectivity index (χ2v) is 13.6. The molecule has 2 rings (SSSR count). The number of aromatic nitrogens is 2. The first-order valence-corrected chi connectivity index (χ1v) is 15.4. The molecule has 0 aromatic carbocycles. The summed E-state index contributed by atoms with van der Waals surface area (Å²) in [6, 6.07) is -1.31. The van der Waals surface area contributed by atoms with Crippen molar-refractivity contribution in [2.24, 2.45) is 0 Å². The van der Waals surface area contributed by atoms with Crippen molar-refractivity contribution in [1.29, 1.82) is 0 Å². The van der Waals surface area contributed by atoms with E-state index in [1.54, 1.807) is 0 Å². The van der Waals surface area contributed by atoms with Gasteiger partial charge in [0.15, 0.2) is 13.3 Å². The number of nitrogens with one attached hydrogen (secondary N) is 1. The average molecular weight is 579 g/mol. The van der Waals surface area contributed by atoms with Crippen molar-refractivity contribution >= 4 is 15.7 Å². The molecular formula is C23H37FN4O8P2. The number of aryl methyl sites for hydroxylation is 1. The van der Waals surface area contributed by atoms with Gasteiger partial charge in [0.05, 0.1) is 12.6 Å². The fourth-order valence-corrected chi connectivity index (χ4v) is 6.42. The first-order chi connectivity index (χ1) is 17.9. The molecule has 3 N–H and O–H groups in total. The third-order valence-corrected chi connectivity index (χ3v) is 9.66. The molecule has 1 aliphatic heterocycles. The monoisotopic (exact) mass is 578 g/mol. The summed E-state index contributed by atoms with van der Waals surface area (Å²) >= 11 is 0. The van der Waals surface area contributed by atoms with Gasteiger partial charge in [-0.1, -0.05) is 0 Å². The summed E-state index contributed by atoms with van der Waals surface area (Å²) in [7, 11) is -5.41. The number of H-pyrrole nitrogens is 1. The van der Waals surface area contributed by atoms with E-state index in [0.717, 1.165) is 10.4 Å². The van der Waals surface area contributed by atoms with Gasteiger partial charge in [0.1, 0.15) is 31.5 Å². The number of aromatic amines is 1. The second kappa shape index (κ2) is 14.6. The van der Waals surface area contributed by atoms with Crippen LogP contribution in [0.1, 0.15) is 39.3 Å². The van der Waals surface area contributed by atoms with Crippen molar-refractivity contribution in [1.82, 2.24) is 14.2 Å². The van der Waals surface area contributed by atoms with Crippen LogP contribution in [-0.4, -0.2) is 87.4 Å². The van der Waals surface area contributed by atoms with Crippen molar-refractivity contribution in [3.8, 4) is 0 Å². The molecule has 0 bridgehead atoms. The fourth-order valence-electron chi connectivity index (χ4n) is 3.92. The van der Waals surface area contributed by atoms with Gasteiger partial charge in [-0.15, -0.1) is 0 Å². The smallest absolute Gasteiger partial charge is 0.328 e. The van der Waals surface area contributed by atoms with Crippen LogP contribution >= 0.6 is 15.7 Å². The van der Waals surface area contributed by atoms with Gasteiger partial charge < -0.3 is 33.4 Å². The molecule has 0 radical (unpaired) electrons. The molecule has 0 spiro atoms. The molecule has 12 nitrogen and oxygen atoms in total. The fraction of sp³-hybridized carbons (Fsp3) is 0.696. The number of hydrogen-bond acceptors (Lipinski definition) is 9. The predicted octanol–water partition coefficient (Wildman–Crippen LogP) is 2.57. The van der Waals surface area contributed by atoms with E-state index in [1.165, 1.54) is 19.2 Å². The van der Waals surface area contributed by atoms with E-state index in [4.69, 9.17) is 20.4 Å². The molecule has 15 heteroatoms. The highest BCUT2D eigenvalue weighted by Crippen LogP contribution is 2.50. The maximum atomic E-state index is 16.3. The molecule has 1 aliphatic rings.